The van der Waals surface area contributed by atoms with Gasteiger partial charge in [-0.2, -0.15) is 0 Å². The Labute approximate surface area is 79.2 Å². The Morgan fingerprint density at radius 3 is 2.14 bits per heavy atom. The van der Waals surface area contributed by atoms with E-state index in [-0.39, 0.29) is 0 Å². The number of hydrogen-bond donors (Lipinski definition) is 5. The number of carbonyl (C=O) groups is 1. The highest BCUT2D eigenvalue weighted by molar-refractivity contribution is 5.75. The van der Waals surface area contributed by atoms with E-state index < -0.39 is 43.1 Å². The zero-order valence-corrected chi connectivity index (χ0v) is 7.15. The Hall–Kier alpha value is -0.730. The molecular weight excluding hydrogens is 196 g/mol. The third-order valence-corrected chi connectivity index (χ3v) is 2.06. The normalized spacial score (nSPS) is 45.2. The molecule has 5 N–H and O–H groups in total. The van der Waals surface area contributed by atoms with E-state index in [4.69, 9.17) is 20.4 Å². The van der Waals surface area contributed by atoms with Crippen molar-refractivity contribution >= 4 is 5.97 Å². The van der Waals surface area contributed by atoms with Crippen molar-refractivity contribution in [1.82, 2.24) is 0 Å². The van der Waals surface area contributed by atoms with E-state index in [1.54, 1.807) is 0 Å². The Morgan fingerprint density at radius 1 is 1.00 bits per heavy atom. The van der Waals surface area contributed by atoms with Crippen molar-refractivity contribution in [2.45, 2.75) is 30.5 Å². The van der Waals surface area contributed by atoms with Crippen molar-refractivity contribution in [2.75, 3.05) is 6.61 Å². The average molecular weight is 208 g/mol. The first kappa shape index (κ1) is 11.3. The van der Waals surface area contributed by atoms with Gasteiger partial charge in [-0.25, -0.2) is 4.79 Å². The van der Waals surface area contributed by atoms with E-state index in [9.17, 15) is 9.90 Å². The summed E-state index contributed by atoms with van der Waals surface area (Å²) in [5.74, 6) is -1.15. The number of rotatable bonds is 0. The summed E-state index contributed by atoms with van der Waals surface area (Å²) in [7, 11) is 0. The van der Waals surface area contributed by atoms with Gasteiger partial charge < -0.3 is 30.3 Å². The minimum Gasteiger partial charge on any atom is -0.461 e. The van der Waals surface area contributed by atoms with Crippen LogP contribution in [0, 0.1) is 0 Å². The molecule has 0 aromatic carbocycles. The van der Waals surface area contributed by atoms with Crippen molar-refractivity contribution in [3.05, 3.63) is 0 Å². The Kier molecular flexibility index (Phi) is 3.40. The third-order valence-electron chi connectivity index (χ3n) is 2.06. The van der Waals surface area contributed by atoms with Gasteiger partial charge in [0.1, 0.15) is 31.0 Å². The fourth-order valence-corrected chi connectivity index (χ4v) is 1.11. The fourth-order valence-electron chi connectivity index (χ4n) is 1.11. The van der Waals surface area contributed by atoms with Crippen molar-refractivity contribution < 1.29 is 35.1 Å². The molecule has 0 saturated carbocycles. The summed E-state index contributed by atoms with van der Waals surface area (Å²) >= 11 is 0. The second kappa shape index (κ2) is 4.20. The van der Waals surface area contributed by atoms with Crippen LogP contribution in [-0.2, 0) is 9.53 Å². The number of carbonyl (C=O) groups excluding carboxylic acids is 1. The molecule has 1 rings (SSSR count). The zero-order valence-electron chi connectivity index (χ0n) is 7.15. The lowest BCUT2D eigenvalue weighted by molar-refractivity contribution is -0.192. The standard InChI is InChI=1S/C7H12O7/c8-2-1-14-7(13)6(12)5(11)4(10)3(2)9/h2-6,8-12H,1H2/t2-,3+,4-,5-,6-/m1/s1. The summed E-state index contributed by atoms with van der Waals surface area (Å²) in [6.07, 6.45) is -8.77. The third kappa shape index (κ3) is 2.02. The Morgan fingerprint density at radius 2 is 1.57 bits per heavy atom. The van der Waals surface area contributed by atoms with Gasteiger partial charge in [0.05, 0.1) is 0 Å². The molecule has 0 amide bonds. The number of ether oxygens (including phenoxy) is 1. The van der Waals surface area contributed by atoms with Gasteiger partial charge in [-0.15, -0.1) is 0 Å². The summed E-state index contributed by atoms with van der Waals surface area (Å²) < 4.78 is 4.33. The molecule has 7 nitrogen and oxygen atoms in total. The lowest BCUT2D eigenvalue weighted by atomic mass is 9.98. The van der Waals surface area contributed by atoms with Gasteiger partial charge in [-0.3, -0.25) is 0 Å². The van der Waals surface area contributed by atoms with E-state index >= 15 is 0 Å². The van der Waals surface area contributed by atoms with E-state index in [0.717, 1.165) is 0 Å². The SMILES string of the molecule is O=C1OC[C@@H](O)[C@H](O)[C@@H](O)[C@@H](O)[C@H]1O. The minimum atomic E-state index is -1.92. The predicted octanol–water partition coefficient (Wildman–Crippen LogP) is -3.65. The van der Waals surface area contributed by atoms with Crippen LogP contribution in [0.15, 0.2) is 0 Å². The highest BCUT2D eigenvalue weighted by Gasteiger charge is 2.40. The van der Waals surface area contributed by atoms with Crippen LogP contribution < -0.4 is 0 Å². The summed E-state index contributed by atoms with van der Waals surface area (Å²) in [5.41, 5.74) is 0. The van der Waals surface area contributed by atoms with Gasteiger partial charge >= 0.3 is 5.97 Å². The molecule has 1 saturated heterocycles. The topological polar surface area (TPSA) is 127 Å². The van der Waals surface area contributed by atoms with Crippen LogP contribution in [0.5, 0.6) is 0 Å². The predicted molar refractivity (Wildman–Crippen MR) is 41.0 cm³/mol. The van der Waals surface area contributed by atoms with Gasteiger partial charge in [0.2, 0.25) is 0 Å². The average Bonchev–Trinajstić information content (AvgIpc) is 2.19. The molecule has 1 heterocycles. The monoisotopic (exact) mass is 208 g/mol. The van der Waals surface area contributed by atoms with Crippen molar-refractivity contribution in [1.29, 1.82) is 0 Å². The van der Waals surface area contributed by atoms with Crippen LogP contribution >= 0.6 is 0 Å². The maximum atomic E-state index is 10.8. The molecule has 0 aromatic heterocycles. The molecule has 14 heavy (non-hydrogen) atoms. The van der Waals surface area contributed by atoms with Gasteiger partial charge in [0.15, 0.2) is 6.10 Å². The second-order valence-electron chi connectivity index (χ2n) is 3.11. The molecule has 0 aromatic rings. The molecule has 5 atom stereocenters. The Balaban J connectivity index is 2.80. The van der Waals surface area contributed by atoms with Crippen molar-refractivity contribution in [3.8, 4) is 0 Å². The van der Waals surface area contributed by atoms with Gasteiger partial charge in [0, 0.05) is 0 Å². The maximum Gasteiger partial charge on any atom is 0.337 e. The van der Waals surface area contributed by atoms with Crippen LogP contribution in [0.2, 0.25) is 0 Å². The molecule has 1 fully saturated rings. The van der Waals surface area contributed by atoms with Gasteiger partial charge in [-0.05, 0) is 0 Å². The first-order chi connectivity index (χ1) is 6.45. The molecule has 1 aliphatic rings. The highest BCUT2D eigenvalue weighted by Crippen LogP contribution is 2.13. The summed E-state index contributed by atoms with van der Waals surface area (Å²) in [6.45, 7) is -0.541. The molecule has 7 heteroatoms. The van der Waals surface area contributed by atoms with Crippen LogP contribution in [-0.4, -0.2) is 68.6 Å². The van der Waals surface area contributed by atoms with Crippen molar-refractivity contribution in [3.63, 3.8) is 0 Å². The van der Waals surface area contributed by atoms with E-state index in [1.165, 1.54) is 0 Å². The summed E-state index contributed by atoms with van der Waals surface area (Å²) in [6, 6.07) is 0. The molecule has 82 valence electrons. The molecule has 0 aliphatic carbocycles. The minimum absolute atomic E-state index is 0.541. The highest BCUT2D eigenvalue weighted by atomic mass is 16.6. The first-order valence-electron chi connectivity index (χ1n) is 4.02. The lowest BCUT2D eigenvalue weighted by Gasteiger charge is -2.31. The molecule has 0 unspecified atom stereocenters. The molecule has 0 radical (unpaired) electrons. The number of cyclic esters (lactones) is 1. The summed E-state index contributed by atoms with van der Waals surface area (Å²) in [5, 5.41) is 45.6. The first-order valence-corrected chi connectivity index (χ1v) is 4.02. The Bertz CT molecular complexity index is 218. The molecule has 0 bridgehead atoms. The number of aliphatic hydroxyl groups excluding tert-OH is 5. The van der Waals surface area contributed by atoms with E-state index in [1.807, 2.05) is 0 Å². The molecule has 0 spiro atoms. The summed E-state index contributed by atoms with van der Waals surface area (Å²) in [4.78, 5) is 10.8. The number of esters is 1. The van der Waals surface area contributed by atoms with Crippen LogP contribution in [0.4, 0.5) is 0 Å². The second-order valence-corrected chi connectivity index (χ2v) is 3.11. The van der Waals surface area contributed by atoms with Crippen LogP contribution in [0.1, 0.15) is 0 Å². The van der Waals surface area contributed by atoms with E-state index in [0.29, 0.717) is 0 Å². The smallest absolute Gasteiger partial charge is 0.337 e. The number of aliphatic hydroxyl groups is 5. The number of hydrogen-bond acceptors (Lipinski definition) is 7. The van der Waals surface area contributed by atoms with E-state index in [2.05, 4.69) is 4.74 Å². The fraction of sp³-hybridized carbons (Fsp3) is 0.857. The van der Waals surface area contributed by atoms with Crippen LogP contribution in [0.25, 0.3) is 0 Å². The van der Waals surface area contributed by atoms with Gasteiger partial charge in [-0.1, -0.05) is 0 Å². The van der Waals surface area contributed by atoms with Crippen LogP contribution in [0.3, 0.4) is 0 Å². The largest absolute Gasteiger partial charge is 0.461 e. The maximum absolute atomic E-state index is 10.8. The lowest BCUT2D eigenvalue weighted by Crippen LogP contribution is -2.55. The van der Waals surface area contributed by atoms with Gasteiger partial charge in [0.25, 0.3) is 0 Å². The molecule has 1 aliphatic heterocycles. The van der Waals surface area contributed by atoms with Crippen molar-refractivity contribution in [2.24, 2.45) is 0 Å². The zero-order chi connectivity index (χ0) is 10.9. The quantitative estimate of drug-likeness (QED) is 0.260. The molecular formula is C7H12O7.